The van der Waals surface area contributed by atoms with Crippen LogP contribution < -0.4 is 5.73 Å². The van der Waals surface area contributed by atoms with E-state index in [1.807, 2.05) is 6.26 Å². The number of hydrogen-bond donors (Lipinski definition) is 2. The molecule has 4 saturated carbocycles. The van der Waals surface area contributed by atoms with E-state index in [9.17, 15) is 19.5 Å². The maximum Gasteiger partial charge on any atom is 0.323 e. The van der Waals surface area contributed by atoms with Gasteiger partial charge in [0.15, 0.2) is 5.78 Å². The Bertz CT molecular complexity index is 953. The molecule has 3 N–H and O–H groups in total. The van der Waals surface area contributed by atoms with Gasteiger partial charge >= 0.3 is 11.9 Å². The van der Waals surface area contributed by atoms with Gasteiger partial charge in [0.05, 0.1) is 18.8 Å². The lowest BCUT2D eigenvalue weighted by Crippen LogP contribution is -2.72. The van der Waals surface area contributed by atoms with Crippen molar-refractivity contribution < 1.29 is 33.7 Å². The van der Waals surface area contributed by atoms with E-state index < -0.39 is 59.0 Å². The second kappa shape index (κ2) is 10.3. The maximum atomic E-state index is 14.3. The first-order valence-corrected chi connectivity index (χ1v) is 14.8. The Kier molecular flexibility index (Phi) is 7.94. The van der Waals surface area contributed by atoms with Gasteiger partial charge in [0.2, 0.25) is 0 Å². The summed E-state index contributed by atoms with van der Waals surface area (Å²) < 4.78 is 18.0. The predicted molar refractivity (Wildman–Crippen MR) is 141 cm³/mol. The average molecular weight is 538 g/mol. The van der Waals surface area contributed by atoms with Gasteiger partial charge in [-0.05, 0) is 61.0 Å². The summed E-state index contributed by atoms with van der Waals surface area (Å²) in [6.45, 7) is 10.0. The van der Waals surface area contributed by atoms with Crippen molar-refractivity contribution in [3.63, 3.8) is 0 Å². The van der Waals surface area contributed by atoms with E-state index in [0.29, 0.717) is 30.6 Å². The zero-order valence-electron chi connectivity index (χ0n) is 22.8. The number of aliphatic hydroxyl groups excluding tert-OH is 1. The average Bonchev–Trinajstić information content (AvgIpc) is 2.97. The summed E-state index contributed by atoms with van der Waals surface area (Å²) in [5.41, 5.74) is 4.44. The second-order valence-corrected chi connectivity index (χ2v) is 13.3. The Morgan fingerprint density at radius 1 is 1.27 bits per heavy atom. The van der Waals surface area contributed by atoms with Gasteiger partial charge < -0.3 is 25.1 Å². The highest BCUT2D eigenvalue weighted by atomic mass is 32.2. The summed E-state index contributed by atoms with van der Waals surface area (Å²) in [5, 5.41) is 11.8. The second-order valence-electron chi connectivity index (χ2n) is 12.3. The Morgan fingerprint density at radius 2 is 1.97 bits per heavy atom. The molecule has 0 aromatic heterocycles. The van der Waals surface area contributed by atoms with Crippen LogP contribution in [0, 0.1) is 34.0 Å². The van der Waals surface area contributed by atoms with Crippen molar-refractivity contribution in [3.05, 3.63) is 12.2 Å². The number of ketones is 1. The van der Waals surface area contributed by atoms with Gasteiger partial charge in [-0.1, -0.05) is 26.8 Å². The third-order valence-electron chi connectivity index (χ3n) is 10.1. The highest BCUT2D eigenvalue weighted by molar-refractivity contribution is 7.98. The maximum absolute atomic E-state index is 14.3. The lowest BCUT2D eigenvalue weighted by molar-refractivity contribution is -0.272. The van der Waals surface area contributed by atoms with Crippen LogP contribution >= 0.6 is 11.8 Å². The molecule has 2 bridgehead atoms. The smallest absolute Gasteiger partial charge is 0.323 e. The van der Waals surface area contributed by atoms with Crippen molar-refractivity contribution in [1.29, 1.82) is 0 Å². The normalized spacial score (nSPS) is 40.9. The van der Waals surface area contributed by atoms with Crippen LogP contribution in [0.25, 0.3) is 0 Å². The van der Waals surface area contributed by atoms with E-state index in [1.165, 1.54) is 6.92 Å². The van der Waals surface area contributed by atoms with Gasteiger partial charge in [0, 0.05) is 31.3 Å². The predicted octanol–water partition coefficient (Wildman–Crippen LogP) is 2.90. The first-order chi connectivity index (χ1) is 17.4. The first kappa shape index (κ1) is 28.6. The molecule has 8 nitrogen and oxygen atoms in total. The van der Waals surface area contributed by atoms with Crippen LogP contribution in [0.4, 0.5) is 0 Å². The summed E-state index contributed by atoms with van der Waals surface area (Å²) in [6, 6.07) is -0.808. The minimum Gasteiger partial charge on any atom is -0.465 e. The number of carbonyl (C=O) groups is 3. The minimum atomic E-state index is -1.31. The molecule has 0 aromatic rings. The molecule has 1 spiro atoms. The van der Waals surface area contributed by atoms with Crippen LogP contribution in [0.2, 0.25) is 0 Å². The summed E-state index contributed by atoms with van der Waals surface area (Å²) in [5.74, 6) is -1.53. The fraction of sp³-hybridized carbons (Fsp3) is 0.821. The quantitative estimate of drug-likeness (QED) is 0.355. The molecule has 9 atom stereocenters. The van der Waals surface area contributed by atoms with E-state index in [4.69, 9.17) is 19.9 Å². The van der Waals surface area contributed by atoms with E-state index in [-0.39, 0.29) is 30.1 Å². The van der Waals surface area contributed by atoms with E-state index >= 15 is 0 Å². The van der Waals surface area contributed by atoms with Gasteiger partial charge in [0.25, 0.3) is 0 Å². The molecule has 37 heavy (non-hydrogen) atoms. The number of aliphatic hydroxyl groups is 1. The zero-order valence-corrected chi connectivity index (χ0v) is 23.6. The number of fused-ring (bicyclic) bond motifs is 3. The van der Waals surface area contributed by atoms with Crippen molar-refractivity contribution in [2.24, 2.45) is 39.7 Å². The highest BCUT2D eigenvalue weighted by Gasteiger charge is 2.78. The number of esters is 2. The Hall–Kier alpha value is -1.42. The molecule has 0 aliphatic heterocycles. The number of hydrogen-bond acceptors (Lipinski definition) is 9. The minimum absolute atomic E-state index is 0.0294. The van der Waals surface area contributed by atoms with Crippen LogP contribution in [-0.2, 0) is 28.6 Å². The Balaban J connectivity index is 1.87. The number of nitrogens with two attached hydrogens (primary N) is 1. The van der Waals surface area contributed by atoms with Gasteiger partial charge in [-0.25, -0.2) is 0 Å². The SMILES string of the molecule is C=C1C(=O)[C@]23[C@H](OC(=O)[C@@H](N)CCSC)[C@H]1C[C@H](O)[C@H]2[C@]1(COC(C)=O)CCCC(C)(C)[C@H]1C[C@H]3OC. The summed E-state index contributed by atoms with van der Waals surface area (Å²) in [6.07, 6.45) is 3.47. The van der Waals surface area contributed by atoms with Crippen molar-refractivity contribution in [2.45, 2.75) is 83.6 Å². The largest absolute Gasteiger partial charge is 0.465 e. The first-order valence-electron chi connectivity index (χ1n) is 13.4. The number of Topliss-reactive ketones (excluding diaryl/α,β-unsaturated/α-hetero) is 1. The topological polar surface area (TPSA) is 125 Å². The molecular weight excluding hydrogens is 494 g/mol. The Labute approximate surface area is 224 Å². The molecular formula is C28H43NO7S. The molecule has 0 unspecified atom stereocenters. The van der Waals surface area contributed by atoms with Crippen LogP contribution in [0.5, 0.6) is 0 Å². The fourth-order valence-electron chi connectivity index (χ4n) is 8.66. The molecule has 0 saturated heterocycles. The van der Waals surface area contributed by atoms with E-state index in [2.05, 4.69) is 20.4 Å². The number of rotatable bonds is 8. The van der Waals surface area contributed by atoms with E-state index in [1.54, 1.807) is 18.9 Å². The molecule has 4 aliphatic carbocycles. The molecule has 0 heterocycles. The number of ether oxygens (including phenoxy) is 3. The van der Waals surface area contributed by atoms with Gasteiger partial charge in [-0.2, -0.15) is 11.8 Å². The number of thioether (sulfide) groups is 1. The molecule has 0 radical (unpaired) electrons. The zero-order chi connectivity index (χ0) is 27.3. The van der Waals surface area contributed by atoms with Crippen molar-refractivity contribution in [1.82, 2.24) is 0 Å². The van der Waals surface area contributed by atoms with Gasteiger partial charge in [-0.15, -0.1) is 0 Å². The lowest BCUT2D eigenvalue weighted by Gasteiger charge is -2.67. The monoisotopic (exact) mass is 537 g/mol. The molecule has 9 heteroatoms. The molecule has 4 aliphatic rings. The third kappa shape index (κ3) is 4.28. The van der Waals surface area contributed by atoms with E-state index in [0.717, 1.165) is 12.8 Å². The van der Waals surface area contributed by atoms with Crippen LogP contribution in [0.1, 0.15) is 59.3 Å². The van der Waals surface area contributed by atoms with Crippen molar-refractivity contribution in [3.8, 4) is 0 Å². The molecule has 4 rings (SSSR count). The van der Waals surface area contributed by atoms with Crippen molar-refractivity contribution >= 4 is 29.5 Å². The molecule has 0 aromatic carbocycles. The summed E-state index contributed by atoms with van der Waals surface area (Å²) in [7, 11) is 1.58. The Morgan fingerprint density at radius 3 is 2.59 bits per heavy atom. The van der Waals surface area contributed by atoms with Crippen LogP contribution in [0.3, 0.4) is 0 Å². The van der Waals surface area contributed by atoms with Gasteiger partial charge in [-0.3, -0.25) is 14.4 Å². The van der Waals surface area contributed by atoms with Crippen LogP contribution in [0.15, 0.2) is 12.2 Å². The standard InChI is InChI=1S/C28H43NO7S/c1-15-17-12-19(31)22-27(14-35-16(2)30)10-7-9-26(3,4)20(27)13-21(34-5)28(22,23(15)32)24(17)36-25(33)18(29)8-11-37-6/h17-22,24,31H,1,7-14,29H2,2-6H3/t17-,18-,19-,20+,21+,22-,24+,27-,28+/m0/s1. The third-order valence-corrected chi connectivity index (χ3v) is 10.7. The molecule has 208 valence electrons. The summed E-state index contributed by atoms with van der Waals surface area (Å²) in [4.78, 5) is 39.5. The molecule has 0 amide bonds. The number of carbonyl (C=O) groups excluding carboxylic acids is 3. The van der Waals surface area contributed by atoms with Gasteiger partial charge in [0.1, 0.15) is 17.6 Å². The summed E-state index contributed by atoms with van der Waals surface area (Å²) >= 11 is 1.60. The van der Waals surface area contributed by atoms with Crippen LogP contribution in [-0.4, -0.2) is 72.9 Å². The number of methoxy groups -OCH3 is 1. The highest BCUT2D eigenvalue weighted by Crippen LogP contribution is 2.72. The fourth-order valence-corrected chi connectivity index (χ4v) is 9.15. The van der Waals surface area contributed by atoms with Crippen molar-refractivity contribution in [2.75, 3.05) is 25.7 Å². The lowest BCUT2D eigenvalue weighted by atomic mass is 9.39. The molecule has 4 fully saturated rings.